The van der Waals surface area contributed by atoms with E-state index in [9.17, 15) is 9.59 Å². The zero-order valence-electron chi connectivity index (χ0n) is 17.6. The van der Waals surface area contributed by atoms with Crippen LogP contribution in [0, 0.1) is 0 Å². The van der Waals surface area contributed by atoms with Crippen LogP contribution in [0.1, 0.15) is 30.6 Å². The average Bonchev–Trinajstić information content (AvgIpc) is 3.35. The second-order valence-electron chi connectivity index (χ2n) is 7.05. The molecule has 1 atom stereocenters. The Balaban J connectivity index is 0.00000132. The van der Waals surface area contributed by atoms with Crippen LogP contribution in [0.15, 0.2) is 58.5 Å². The van der Waals surface area contributed by atoms with Crippen LogP contribution in [0.4, 0.5) is 0 Å². The van der Waals surface area contributed by atoms with E-state index in [1.54, 1.807) is 22.8 Å². The van der Waals surface area contributed by atoms with E-state index < -0.39 is 5.25 Å². The van der Waals surface area contributed by atoms with Gasteiger partial charge in [0.15, 0.2) is 5.16 Å². The molecule has 1 aromatic heterocycles. The van der Waals surface area contributed by atoms with Crippen molar-refractivity contribution in [2.24, 2.45) is 0 Å². The highest BCUT2D eigenvalue weighted by atomic mass is 35.5. The maximum atomic E-state index is 13.3. The molecular weight excluding hydrogens is 434 g/mol. The monoisotopic (exact) mass is 459 g/mol. The molecule has 0 radical (unpaired) electrons. The lowest BCUT2D eigenvalue weighted by atomic mass is 10.1. The molecule has 1 aliphatic heterocycles. The predicted molar refractivity (Wildman–Crippen MR) is 126 cm³/mol. The number of carbonyl (C=O) groups is 1. The standard InChI is InChI=1S/C22H22ClN3O2S.CH4O/c1-2-26-20(27)17-14-16(23)10-11-18(17)24-22(26)29-19(15-8-4-3-5-9-15)21(28)25-12-6-7-13-25;1-2/h3-5,8-11,14,19H,2,6-7,12-13H2,1H3;2H,1H3. The molecule has 1 saturated heterocycles. The van der Waals surface area contributed by atoms with Gasteiger partial charge in [0.25, 0.3) is 5.56 Å². The van der Waals surface area contributed by atoms with Gasteiger partial charge in [-0.25, -0.2) is 4.98 Å². The molecule has 1 fully saturated rings. The summed E-state index contributed by atoms with van der Waals surface area (Å²) in [4.78, 5) is 33.0. The number of amides is 1. The summed E-state index contributed by atoms with van der Waals surface area (Å²) in [6, 6.07) is 14.9. The molecule has 31 heavy (non-hydrogen) atoms. The van der Waals surface area contributed by atoms with E-state index in [0.717, 1.165) is 38.6 Å². The normalized spacial score (nSPS) is 14.3. The molecule has 1 amide bonds. The number of rotatable bonds is 5. The van der Waals surface area contributed by atoms with Crippen molar-refractivity contribution in [3.8, 4) is 0 Å². The zero-order valence-corrected chi connectivity index (χ0v) is 19.2. The number of likely N-dealkylation sites (tertiary alicyclic amines) is 1. The molecule has 3 aromatic rings. The first-order chi connectivity index (χ1) is 15.1. The van der Waals surface area contributed by atoms with Gasteiger partial charge in [-0.2, -0.15) is 0 Å². The third kappa shape index (κ3) is 5.11. The minimum atomic E-state index is -0.441. The Labute approximate surface area is 190 Å². The fraction of sp³-hybridized carbons (Fsp3) is 0.348. The van der Waals surface area contributed by atoms with Crippen LogP contribution in [0.2, 0.25) is 5.02 Å². The maximum absolute atomic E-state index is 13.3. The Morgan fingerprint density at radius 3 is 2.48 bits per heavy atom. The molecule has 4 rings (SSSR count). The first kappa shape index (κ1) is 23.3. The number of aliphatic hydroxyl groups is 1. The van der Waals surface area contributed by atoms with Gasteiger partial charge in [0.1, 0.15) is 5.25 Å². The first-order valence-electron chi connectivity index (χ1n) is 10.2. The molecule has 1 N–H and O–H groups in total. The van der Waals surface area contributed by atoms with Crippen LogP contribution in [0.25, 0.3) is 10.9 Å². The molecular formula is C23H26ClN3O3S. The van der Waals surface area contributed by atoms with E-state index >= 15 is 0 Å². The third-order valence-corrected chi connectivity index (χ3v) is 6.63. The molecule has 2 heterocycles. The van der Waals surface area contributed by atoms with Crippen LogP contribution in [0.3, 0.4) is 0 Å². The Morgan fingerprint density at radius 1 is 1.16 bits per heavy atom. The van der Waals surface area contributed by atoms with Gasteiger partial charge in [-0.3, -0.25) is 14.2 Å². The number of hydrogen-bond acceptors (Lipinski definition) is 5. The van der Waals surface area contributed by atoms with Crippen molar-refractivity contribution in [3.05, 3.63) is 69.5 Å². The summed E-state index contributed by atoms with van der Waals surface area (Å²) in [7, 11) is 1.00. The van der Waals surface area contributed by atoms with Gasteiger partial charge in [0.05, 0.1) is 10.9 Å². The zero-order chi connectivity index (χ0) is 22.4. The number of halogens is 1. The minimum Gasteiger partial charge on any atom is -0.400 e. The molecule has 0 bridgehead atoms. The Hall–Kier alpha value is -2.35. The molecule has 164 valence electrons. The molecule has 6 nitrogen and oxygen atoms in total. The molecule has 8 heteroatoms. The van der Waals surface area contributed by atoms with Crippen LogP contribution >= 0.6 is 23.4 Å². The number of carbonyl (C=O) groups excluding carboxylic acids is 1. The van der Waals surface area contributed by atoms with Crippen LogP contribution < -0.4 is 5.56 Å². The highest BCUT2D eigenvalue weighted by Gasteiger charge is 2.30. The summed E-state index contributed by atoms with van der Waals surface area (Å²) >= 11 is 7.42. The smallest absolute Gasteiger partial charge is 0.262 e. The van der Waals surface area contributed by atoms with Crippen molar-refractivity contribution >= 4 is 40.2 Å². The molecule has 1 unspecified atom stereocenters. The number of hydrogen-bond donors (Lipinski definition) is 1. The number of thioether (sulfide) groups is 1. The third-order valence-electron chi connectivity index (χ3n) is 5.16. The number of aliphatic hydroxyl groups excluding tert-OH is 1. The lowest BCUT2D eigenvalue weighted by Gasteiger charge is -2.24. The summed E-state index contributed by atoms with van der Waals surface area (Å²) in [6.07, 6.45) is 2.07. The van der Waals surface area contributed by atoms with Gasteiger partial charge >= 0.3 is 0 Å². The fourth-order valence-corrected chi connectivity index (χ4v) is 5.06. The molecule has 1 aliphatic rings. The van der Waals surface area contributed by atoms with Crippen molar-refractivity contribution in [2.75, 3.05) is 20.2 Å². The van der Waals surface area contributed by atoms with E-state index in [0.29, 0.717) is 27.6 Å². The number of fused-ring (bicyclic) bond motifs is 1. The van der Waals surface area contributed by atoms with Gasteiger partial charge in [0, 0.05) is 31.8 Å². The van der Waals surface area contributed by atoms with E-state index in [1.165, 1.54) is 11.8 Å². The second kappa shape index (κ2) is 10.8. The van der Waals surface area contributed by atoms with Crippen molar-refractivity contribution in [2.45, 2.75) is 36.7 Å². The van der Waals surface area contributed by atoms with E-state index in [2.05, 4.69) is 0 Å². The average molecular weight is 460 g/mol. The van der Waals surface area contributed by atoms with Gasteiger partial charge in [0.2, 0.25) is 5.91 Å². The SMILES string of the molecule is CCn1c(SC(C(=O)N2CCCC2)c2ccccc2)nc2ccc(Cl)cc2c1=O.CO. The number of benzene rings is 2. The lowest BCUT2D eigenvalue weighted by Crippen LogP contribution is -2.32. The summed E-state index contributed by atoms with van der Waals surface area (Å²) in [5.74, 6) is 0.0757. The summed E-state index contributed by atoms with van der Waals surface area (Å²) in [6.45, 7) is 3.94. The van der Waals surface area contributed by atoms with Crippen molar-refractivity contribution < 1.29 is 9.90 Å². The fourth-order valence-electron chi connectivity index (χ4n) is 3.64. The summed E-state index contributed by atoms with van der Waals surface area (Å²) in [5.41, 5.74) is 1.37. The van der Waals surface area contributed by atoms with Gasteiger partial charge in [-0.05, 0) is 43.5 Å². The van der Waals surface area contributed by atoms with Crippen molar-refractivity contribution in [1.29, 1.82) is 0 Å². The Bertz CT molecular complexity index is 1100. The van der Waals surface area contributed by atoms with Gasteiger partial charge in [-0.15, -0.1) is 0 Å². The quantitative estimate of drug-likeness (QED) is 0.458. The topological polar surface area (TPSA) is 75.4 Å². The van der Waals surface area contributed by atoms with E-state index in [-0.39, 0.29) is 11.5 Å². The Morgan fingerprint density at radius 2 is 1.84 bits per heavy atom. The maximum Gasteiger partial charge on any atom is 0.262 e. The highest BCUT2D eigenvalue weighted by molar-refractivity contribution is 8.00. The Kier molecular flexibility index (Phi) is 8.12. The van der Waals surface area contributed by atoms with Crippen molar-refractivity contribution in [3.63, 3.8) is 0 Å². The van der Waals surface area contributed by atoms with Gasteiger partial charge < -0.3 is 10.0 Å². The van der Waals surface area contributed by atoms with E-state index in [4.69, 9.17) is 21.7 Å². The van der Waals surface area contributed by atoms with Crippen LogP contribution in [-0.2, 0) is 11.3 Å². The summed E-state index contributed by atoms with van der Waals surface area (Å²) in [5, 5.41) is 8.11. The number of nitrogens with zero attached hydrogens (tertiary/aromatic N) is 3. The highest BCUT2D eigenvalue weighted by Crippen LogP contribution is 2.36. The first-order valence-corrected chi connectivity index (χ1v) is 11.5. The summed E-state index contributed by atoms with van der Waals surface area (Å²) < 4.78 is 1.62. The predicted octanol–water partition coefficient (Wildman–Crippen LogP) is 4.13. The molecule has 0 saturated carbocycles. The molecule has 2 aromatic carbocycles. The minimum absolute atomic E-state index is 0.0757. The van der Waals surface area contributed by atoms with Crippen LogP contribution in [-0.4, -0.2) is 45.7 Å². The molecule has 0 spiro atoms. The van der Waals surface area contributed by atoms with E-state index in [1.807, 2.05) is 42.2 Å². The van der Waals surface area contributed by atoms with Crippen molar-refractivity contribution in [1.82, 2.24) is 14.5 Å². The molecule has 0 aliphatic carbocycles. The lowest BCUT2D eigenvalue weighted by molar-refractivity contribution is -0.129. The van der Waals surface area contributed by atoms with Gasteiger partial charge in [-0.1, -0.05) is 53.7 Å². The number of aromatic nitrogens is 2. The van der Waals surface area contributed by atoms with Crippen LogP contribution in [0.5, 0.6) is 0 Å². The second-order valence-corrected chi connectivity index (χ2v) is 8.55. The largest absolute Gasteiger partial charge is 0.400 e.